The van der Waals surface area contributed by atoms with Crippen LogP contribution in [-0.4, -0.2) is 24.4 Å². The van der Waals surface area contributed by atoms with Crippen LogP contribution < -0.4 is 10.6 Å². The van der Waals surface area contributed by atoms with Crippen molar-refractivity contribution in [2.24, 2.45) is 0 Å². The Labute approximate surface area is 114 Å². The first-order valence-electron chi connectivity index (χ1n) is 5.90. The topological polar surface area (TPSA) is 82.0 Å². The second kappa shape index (κ2) is 7.19. The minimum absolute atomic E-state index is 0.355. The Balaban J connectivity index is 2.55. The van der Waals surface area contributed by atoms with Crippen molar-refractivity contribution < 1.29 is 18.4 Å². The van der Waals surface area contributed by atoms with Crippen molar-refractivity contribution in [3.8, 4) is 6.07 Å². The highest BCUT2D eigenvalue weighted by Crippen LogP contribution is 2.08. The molecule has 1 atom stereocenters. The van der Waals surface area contributed by atoms with Gasteiger partial charge in [-0.05, 0) is 18.6 Å². The second-order valence-corrected chi connectivity index (χ2v) is 3.96. The van der Waals surface area contributed by atoms with Crippen LogP contribution in [0.15, 0.2) is 18.2 Å². The Bertz CT molecular complexity index is 555. The molecule has 5 nitrogen and oxygen atoms in total. The SMILES string of the molecule is CC[C@H](C#N)NC(=O)CNC(=O)c1ccc(F)cc1F. The molecule has 1 aromatic rings. The number of nitrogens with zero attached hydrogens (tertiary/aromatic N) is 1. The van der Waals surface area contributed by atoms with Gasteiger partial charge in [-0.1, -0.05) is 6.92 Å². The summed E-state index contributed by atoms with van der Waals surface area (Å²) < 4.78 is 26.0. The van der Waals surface area contributed by atoms with Gasteiger partial charge in [0, 0.05) is 6.07 Å². The van der Waals surface area contributed by atoms with Gasteiger partial charge in [-0.25, -0.2) is 8.78 Å². The third kappa shape index (κ3) is 4.31. The summed E-state index contributed by atoms with van der Waals surface area (Å²) in [6.45, 7) is 1.33. The fraction of sp³-hybridized carbons (Fsp3) is 0.308. The molecule has 0 aliphatic carbocycles. The monoisotopic (exact) mass is 281 g/mol. The zero-order valence-electron chi connectivity index (χ0n) is 10.7. The van der Waals surface area contributed by atoms with Crippen LogP contribution in [0.1, 0.15) is 23.7 Å². The number of rotatable bonds is 5. The summed E-state index contributed by atoms with van der Waals surface area (Å²) in [6.07, 6.45) is 0.433. The van der Waals surface area contributed by atoms with Crippen LogP contribution >= 0.6 is 0 Å². The molecular weight excluding hydrogens is 268 g/mol. The molecule has 2 N–H and O–H groups in total. The van der Waals surface area contributed by atoms with Crippen LogP contribution in [0.2, 0.25) is 0 Å². The summed E-state index contributed by atoms with van der Waals surface area (Å²) in [7, 11) is 0. The standard InChI is InChI=1S/C13H13F2N3O2/c1-2-9(6-16)18-12(19)7-17-13(20)10-4-3-8(14)5-11(10)15/h3-5,9H,2,7H2,1H3,(H,17,20)(H,18,19)/t9-/m1/s1. The fourth-order valence-corrected chi connectivity index (χ4v) is 1.40. The Kier molecular flexibility index (Phi) is 5.59. The Morgan fingerprint density at radius 1 is 1.40 bits per heavy atom. The average molecular weight is 281 g/mol. The number of amides is 2. The smallest absolute Gasteiger partial charge is 0.254 e. The van der Waals surface area contributed by atoms with Crippen LogP contribution in [-0.2, 0) is 4.79 Å². The van der Waals surface area contributed by atoms with Gasteiger partial charge in [-0.15, -0.1) is 0 Å². The van der Waals surface area contributed by atoms with Crippen LogP contribution in [0.5, 0.6) is 0 Å². The predicted octanol–water partition coefficient (Wildman–Crippen LogP) is 1.11. The maximum absolute atomic E-state index is 13.3. The predicted molar refractivity (Wildman–Crippen MR) is 66.5 cm³/mol. The average Bonchev–Trinajstić information content (AvgIpc) is 2.42. The van der Waals surface area contributed by atoms with E-state index in [2.05, 4.69) is 10.6 Å². The lowest BCUT2D eigenvalue weighted by Crippen LogP contribution is -2.41. The molecule has 1 aromatic carbocycles. The largest absolute Gasteiger partial charge is 0.343 e. The molecule has 7 heteroatoms. The molecule has 0 fully saturated rings. The van der Waals surface area contributed by atoms with Crippen molar-refractivity contribution in [2.45, 2.75) is 19.4 Å². The van der Waals surface area contributed by atoms with E-state index in [-0.39, 0.29) is 5.56 Å². The van der Waals surface area contributed by atoms with Gasteiger partial charge in [0.15, 0.2) is 0 Å². The normalized spacial score (nSPS) is 11.3. The lowest BCUT2D eigenvalue weighted by Gasteiger charge is -2.10. The Morgan fingerprint density at radius 3 is 2.65 bits per heavy atom. The van der Waals surface area contributed by atoms with Gasteiger partial charge in [0.05, 0.1) is 18.2 Å². The van der Waals surface area contributed by atoms with E-state index in [4.69, 9.17) is 5.26 Å². The minimum atomic E-state index is -1.01. The summed E-state index contributed by atoms with van der Waals surface area (Å²) in [5.74, 6) is -3.19. The van der Waals surface area contributed by atoms with E-state index >= 15 is 0 Å². The highest BCUT2D eigenvalue weighted by Gasteiger charge is 2.14. The van der Waals surface area contributed by atoms with E-state index in [1.54, 1.807) is 6.92 Å². The first-order valence-corrected chi connectivity index (χ1v) is 5.90. The number of nitrogens with one attached hydrogen (secondary N) is 2. The molecule has 1 rings (SSSR count). The summed E-state index contributed by atoms with van der Waals surface area (Å²) in [4.78, 5) is 23.0. The van der Waals surface area contributed by atoms with E-state index in [0.717, 1.165) is 12.1 Å². The second-order valence-electron chi connectivity index (χ2n) is 3.96. The summed E-state index contributed by atoms with van der Waals surface area (Å²) in [5, 5.41) is 13.2. The molecule has 0 radical (unpaired) electrons. The molecule has 0 aliphatic heterocycles. The first-order chi connectivity index (χ1) is 9.47. The maximum Gasteiger partial charge on any atom is 0.254 e. The lowest BCUT2D eigenvalue weighted by molar-refractivity contribution is -0.120. The third-order valence-electron chi connectivity index (χ3n) is 2.48. The number of benzene rings is 1. The van der Waals surface area contributed by atoms with Gasteiger partial charge in [0.1, 0.15) is 17.7 Å². The van der Waals surface area contributed by atoms with Crippen molar-refractivity contribution in [3.63, 3.8) is 0 Å². The number of carbonyl (C=O) groups excluding carboxylic acids is 2. The van der Waals surface area contributed by atoms with Crippen molar-refractivity contribution >= 4 is 11.8 Å². The van der Waals surface area contributed by atoms with E-state index < -0.39 is 36.0 Å². The Hall–Kier alpha value is -2.49. The zero-order chi connectivity index (χ0) is 15.1. The van der Waals surface area contributed by atoms with Crippen molar-refractivity contribution in [1.82, 2.24) is 10.6 Å². The molecule has 0 saturated heterocycles. The van der Waals surface area contributed by atoms with E-state index in [9.17, 15) is 18.4 Å². The number of hydrogen-bond acceptors (Lipinski definition) is 3. The molecule has 0 heterocycles. The molecule has 0 aliphatic rings. The van der Waals surface area contributed by atoms with Crippen molar-refractivity contribution in [2.75, 3.05) is 6.54 Å². The molecule has 2 amide bonds. The van der Waals surface area contributed by atoms with Crippen molar-refractivity contribution in [3.05, 3.63) is 35.4 Å². The van der Waals surface area contributed by atoms with Gasteiger partial charge in [-0.3, -0.25) is 9.59 Å². The zero-order valence-corrected chi connectivity index (χ0v) is 10.7. The van der Waals surface area contributed by atoms with Gasteiger partial charge < -0.3 is 10.6 Å². The van der Waals surface area contributed by atoms with Crippen LogP contribution in [0.4, 0.5) is 8.78 Å². The number of carbonyl (C=O) groups is 2. The van der Waals surface area contributed by atoms with Crippen LogP contribution in [0.25, 0.3) is 0 Å². The first kappa shape index (κ1) is 15.6. The summed E-state index contributed by atoms with van der Waals surface area (Å²) in [5.41, 5.74) is -0.355. The highest BCUT2D eigenvalue weighted by atomic mass is 19.1. The van der Waals surface area contributed by atoms with E-state index in [1.165, 1.54) is 0 Å². The molecule has 20 heavy (non-hydrogen) atoms. The third-order valence-corrected chi connectivity index (χ3v) is 2.48. The van der Waals surface area contributed by atoms with Crippen molar-refractivity contribution in [1.29, 1.82) is 5.26 Å². The maximum atomic E-state index is 13.3. The molecule has 0 unspecified atom stereocenters. The summed E-state index contributed by atoms with van der Waals surface area (Å²) in [6, 6.07) is 3.75. The van der Waals surface area contributed by atoms with E-state index in [0.29, 0.717) is 12.5 Å². The minimum Gasteiger partial charge on any atom is -0.343 e. The highest BCUT2D eigenvalue weighted by molar-refractivity contribution is 5.96. The van der Waals surface area contributed by atoms with Gasteiger partial charge in [0.2, 0.25) is 5.91 Å². The fourth-order valence-electron chi connectivity index (χ4n) is 1.40. The van der Waals surface area contributed by atoms with Gasteiger partial charge in [0.25, 0.3) is 5.91 Å². The molecule has 0 saturated carbocycles. The molecule has 0 aromatic heterocycles. The molecule has 0 spiro atoms. The lowest BCUT2D eigenvalue weighted by atomic mass is 10.2. The van der Waals surface area contributed by atoms with Gasteiger partial charge >= 0.3 is 0 Å². The van der Waals surface area contributed by atoms with E-state index in [1.807, 2.05) is 6.07 Å². The Morgan fingerprint density at radius 2 is 2.10 bits per heavy atom. The molecule has 106 valence electrons. The number of nitriles is 1. The van der Waals surface area contributed by atoms with Gasteiger partial charge in [-0.2, -0.15) is 5.26 Å². The number of hydrogen-bond donors (Lipinski definition) is 2. The van der Waals surface area contributed by atoms with Crippen LogP contribution in [0, 0.1) is 23.0 Å². The van der Waals surface area contributed by atoms with Crippen LogP contribution in [0.3, 0.4) is 0 Å². The summed E-state index contributed by atoms with van der Waals surface area (Å²) >= 11 is 0. The molecular formula is C13H13F2N3O2. The quantitative estimate of drug-likeness (QED) is 0.848. The molecule has 0 bridgehead atoms. The number of halogens is 2.